The van der Waals surface area contributed by atoms with Gasteiger partial charge in [-0.3, -0.25) is 14.6 Å². The first-order valence-electron chi connectivity index (χ1n) is 12.6. The number of piperazine rings is 1. The van der Waals surface area contributed by atoms with Gasteiger partial charge in [-0.25, -0.2) is 4.68 Å². The zero-order valence-electron chi connectivity index (χ0n) is 19.7. The van der Waals surface area contributed by atoms with Crippen molar-refractivity contribution in [2.24, 2.45) is 0 Å². The second kappa shape index (κ2) is 10.2. The number of aromatic nitrogens is 4. The molecule has 9 nitrogen and oxygen atoms in total. The van der Waals surface area contributed by atoms with Crippen molar-refractivity contribution in [2.75, 3.05) is 51.1 Å². The molecule has 0 unspecified atom stereocenters. The Kier molecular flexibility index (Phi) is 6.87. The second-order valence-electron chi connectivity index (χ2n) is 9.56. The predicted octanol–water partition coefficient (Wildman–Crippen LogP) is 1.93. The van der Waals surface area contributed by atoms with E-state index in [2.05, 4.69) is 37.1 Å². The Hall–Kier alpha value is -2.52. The lowest BCUT2D eigenvalue weighted by Crippen LogP contribution is -2.55. The lowest BCUT2D eigenvalue weighted by atomic mass is 9.91. The Morgan fingerprint density at radius 1 is 1.12 bits per heavy atom. The molecule has 4 heterocycles. The Balaban J connectivity index is 1.13. The molecule has 1 aliphatic carbocycles. The Morgan fingerprint density at radius 2 is 1.97 bits per heavy atom. The van der Waals surface area contributed by atoms with Crippen molar-refractivity contribution in [2.45, 2.75) is 58.0 Å². The summed E-state index contributed by atoms with van der Waals surface area (Å²) in [4.78, 5) is 19.8. The van der Waals surface area contributed by atoms with Crippen molar-refractivity contribution >= 4 is 11.7 Å². The average Bonchev–Trinajstić information content (AvgIpc) is 3.22. The van der Waals surface area contributed by atoms with Gasteiger partial charge in [-0.15, -0.1) is 10.2 Å². The van der Waals surface area contributed by atoms with Gasteiger partial charge in [0.2, 0.25) is 5.91 Å². The summed E-state index contributed by atoms with van der Waals surface area (Å²) >= 11 is 0. The van der Waals surface area contributed by atoms with Crippen molar-refractivity contribution in [3.63, 3.8) is 0 Å². The van der Waals surface area contributed by atoms with Crippen LogP contribution in [-0.4, -0.2) is 92.4 Å². The van der Waals surface area contributed by atoms with Gasteiger partial charge in [0.05, 0.1) is 12.2 Å². The minimum absolute atomic E-state index is 0.260. The standard InChI is InChI=1S/C24H36N8O/c1-2-3-10-25-22-7-8-23(27-26-22)32-17-19-16-29(11-9-21(19)28-32)18-24(33)31-14-12-30(13-15-31)20-5-4-6-20/h7-8,17,20H,2-6,9-16,18H2,1H3,(H,25,26). The molecule has 2 aromatic rings. The van der Waals surface area contributed by atoms with Crippen molar-refractivity contribution in [1.29, 1.82) is 0 Å². The van der Waals surface area contributed by atoms with Gasteiger partial charge in [0.15, 0.2) is 5.82 Å². The summed E-state index contributed by atoms with van der Waals surface area (Å²) in [7, 11) is 0. The molecule has 0 atom stereocenters. The molecule has 33 heavy (non-hydrogen) atoms. The molecule has 0 aromatic carbocycles. The fraction of sp³-hybridized carbons (Fsp3) is 0.667. The molecule has 1 N–H and O–H groups in total. The van der Waals surface area contributed by atoms with E-state index in [0.29, 0.717) is 6.54 Å². The summed E-state index contributed by atoms with van der Waals surface area (Å²) in [5.41, 5.74) is 2.27. The number of fused-ring (bicyclic) bond motifs is 1. The van der Waals surface area contributed by atoms with E-state index in [1.54, 1.807) is 0 Å². The molecule has 1 saturated carbocycles. The average molecular weight is 453 g/mol. The number of anilines is 1. The second-order valence-corrected chi connectivity index (χ2v) is 9.56. The Labute approximate surface area is 196 Å². The van der Waals surface area contributed by atoms with Crippen LogP contribution in [0, 0.1) is 0 Å². The highest BCUT2D eigenvalue weighted by Crippen LogP contribution is 2.25. The number of hydrogen-bond donors (Lipinski definition) is 1. The van der Waals surface area contributed by atoms with E-state index in [0.717, 1.165) is 88.4 Å². The van der Waals surface area contributed by atoms with Crippen molar-refractivity contribution < 1.29 is 4.79 Å². The van der Waals surface area contributed by atoms with Crippen molar-refractivity contribution in [1.82, 2.24) is 34.7 Å². The number of carbonyl (C=O) groups is 1. The Bertz CT molecular complexity index is 930. The van der Waals surface area contributed by atoms with Crippen LogP contribution in [0.4, 0.5) is 5.82 Å². The SMILES string of the molecule is CCCCNc1ccc(-n2cc3c(n2)CCN(CC(=O)N2CCN(C4CCC4)CC2)C3)nn1. The van der Waals surface area contributed by atoms with Crippen LogP contribution in [0.3, 0.4) is 0 Å². The van der Waals surface area contributed by atoms with Gasteiger partial charge in [-0.1, -0.05) is 19.8 Å². The molecule has 2 aliphatic heterocycles. The van der Waals surface area contributed by atoms with E-state index in [1.165, 1.54) is 24.8 Å². The van der Waals surface area contributed by atoms with Gasteiger partial charge in [0.25, 0.3) is 0 Å². The fourth-order valence-electron chi connectivity index (χ4n) is 4.94. The van der Waals surface area contributed by atoms with Crippen LogP contribution >= 0.6 is 0 Å². The summed E-state index contributed by atoms with van der Waals surface area (Å²) in [5.74, 6) is 1.77. The van der Waals surface area contributed by atoms with E-state index in [-0.39, 0.29) is 5.91 Å². The molecule has 2 aromatic heterocycles. The Morgan fingerprint density at radius 3 is 2.67 bits per heavy atom. The fourth-order valence-corrected chi connectivity index (χ4v) is 4.94. The lowest BCUT2D eigenvalue weighted by molar-refractivity contribution is -0.135. The maximum Gasteiger partial charge on any atom is 0.236 e. The van der Waals surface area contributed by atoms with Gasteiger partial charge in [0.1, 0.15) is 5.82 Å². The number of nitrogens with zero attached hydrogens (tertiary/aromatic N) is 7. The quantitative estimate of drug-likeness (QED) is 0.613. The van der Waals surface area contributed by atoms with Crippen molar-refractivity contribution in [3.8, 4) is 5.82 Å². The van der Waals surface area contributed by atoms with E-state index >= 15 is 0 Å². The molecule has 1 saturated heterocycles. The highest BCUT2D eigenvalue weighted by molar-refractivity contribution is 5.78. The first-order valence-corrected chi connectivity index (χ1v) is 12.6. The molecule has 0 bridgehead atoms. The maximum atomic E-state index is 12.9. The van der Waals surface area contributed by atoms with Gasteiger partial charge in [-0.2, -0.15) is 5.10 Å². The molecule has 5 rings (SSSR count). The van der Waals surface area contributed by atoms with Gasteiger partial charge in [0, 0.05) is 70.0 Å². The predicted molar refractivity (Wildman–Crippen MR) is 127 cm³/mol. The molecular formula is C24H36N8O. The highest BCUT2D eigenvalue weighted by atomic mass is 16.2. The van der Waals surface area contributed by atoms with E-state index < -0.39 is 0 Å². The van der Waals surface area contributed by atoms with Crippen LogP contribution in [0.1, 0.15) is 50.3 Å². The van der Waals surface area contributed by atoms with E-state index in [1.807, 2.05) is 23.0 Å². The number of rotatable bonds is 8. The number of nitrogens with one attached hydrogen (secondary N) is 1. The molecular weight excluding hydrogens is 416 g/mol. The molecule has 3 aliphatic rings. The molecule has 9 heteroatoms. The van der Waals surface area contributed by atoms with Gasteiger partial charge >= 0.3 is 0 Å². The maximum absolute atomic E-state index is 12.9. The van der Waals surface area contributed by atoms with E-state index in [9.17, 15) is 4.79 Å². The first-order chi connectivity index (χ1) is 16.2. The number of amides is 1. The molecule has 178 valence electrons. The largest absolute Gasteiger partial charge is 0.369 e. The molecule has 2 fully saturated rings. The monoisotopic (exact) mass is 452 g/mol. The summed E-state index contributed by atoms with van der Waals surface area (Å²) in [6.45, 7) is 8.99. The summed E-state index contributed by atoms with van der Waals surface area (Å²) in [5, 5.41) is 16.6. The number of hydrogen-bond acceptors (Lipinski definition) is 7. The summed E-state index contributed by atoms with van der Waals surface area (Å²) < 4.78 is 1.82. The third kappa shape index (κ3) is 5.19. The molecule has 1 amide bonds. The lowest BCUT2D eigenvalue weighted by Gasteiger charge is -2.43. The zero-order chi connectivity index (χ0) is 22.6. The summed E-state index contributed by atoms with van der Waals surface area (Å²) in [6.07, 6.45) is 9.20. The normalized spacial score (nSPS) is 19.8. The van der Waals surface area contributed by atoms with Gasteiger partial charge < -0.3 is 10.2 Å². The van der Waals surface area contributed by atoms with Crippen molar-refractivity contribution in [3.05, 3.63) is 29.6 Å². The minimum atomic E-state index is 0.260. The molecule has 0 spiro atoms. The van der Waals surface area contributed by atoms with Crippen LogP contribution in [0.15, 0.2) is 18.3 Å². The topological polar surface area (TPSA) is 82.4 Å². The minimum Gasteiger partial charge on any atom is -0.369 e. The van der Waals surface area contributed by atoms with Crippen LogP contribution < -0.4 is 5.32 Å². The van der Waals surface area contributed by atoms with E-state index in [4.69, 9.17) is 5.10 Å². The van der Waals surface area contributed by atoms with Crippen LogP contribution in [0.5, 0.6) is 0 Å². The highest BCUT2D eigenvalue weighted by Gasteiger charge is 2.30. The van der Waals surface area contributed by atoms with Crippen LogP contribution in [0.2, 0.25) is 0 Å². The molecule has 0 radical (unpaired) electrons. The third-order valence-corrected chi connectivity index (χ3v) is 7.27. The third-order valence-electron chi connectivity index (χ3n) is 7.27. The zero-order valence-corrected chi connectivity index (χ0v) is 19.7. The van der Waals surface area contributed by atoms with Crippen LogP contribution in [-0.2, 0) is 17.8 Å². The number of carbonyl (C=O) groups excluding carboxylic acids is 1. The summed E-state index contributed by atoms with van der Waals surface area (Å²) in [6, 6.07) is 4.68. The first kappa shape index (κ1) is 22.3. The smallest absolute Gasteiger partial charge is 0.236 e. The van der Waals surface area contributed by atoms with Gasteiger partial charge in [-0.05, 0) is 31.4 Å². The number of unbranched alkanes of at least 4 members (excludes halogenated alkanes) is 1. The van der Waals surface area contributed by atoms with Crippen LogP contribution in [0.25, 0.3) is 5.82 Å².